The molecule has 1 amide bonds. The summed E-state index contributed by atoms with van der Waals surface area (Å²) in [5.74, 6) is 0.150. The molecule has 0 aliphatic carbocycles. The van der Waals surface area contributed by atoms with Crippen LogP contribution in [0, 0.1) is 5.82 Å². The molecule has 2 aromatic heterocycles. The predicted molar refractivity (Wildman–Crippen MR) is 85.7 cm³/mol. The second kappa shape index (κ2) is 6.26. The number of furan rings is 1. The fourth-order valence-electron chi connectivity index (χ4n) is 2.54. The van der Waals surface area contributed by atoms with Gasteiger partial charge in [0, 0.05) is 17.4 Å². The molecule has 0 aliphatic rings. The van der Waals surface area contributed by atoms with Crippen molar-refractivity contribution >= 4 is 16.8 Å². The highest BCUT2D eigenvalue weighted by molar-refractivity contribution is 5.98. The first-order chi connectivity index (χ1) is 11.1. The van der Waals surface area contributed by atoms with E-state index in [1.807, 2.05) is 31.1 Å². The summed E-state index contributed by atoms with van der Waals surface area (Å²) < 4.78 is 19.1. The molecule has 6 heteroatoms. The molecule has 3 aromatic rings. The Bertz CT molecular complexity index is 808. The molecule has 2 N–H and O–H groups in total. The minimum absolute atomic E-state index is 0.0740. The van der Waals surface area contributed by atoms with E-state index in [-0.39, 0.29) is 17.8 Å². The summed E-state index contributed by atoms with van der Waals surface area (Å²) in [4.78, 5) is 17.2. The molecule has 0 fully saturated rings. The Labute approximate surface area is 133 Å². The number of likely N-dealkylation sites (N-methyl/N-ethyl adjacent to an activating group) is 1. The van der Waals surface area contributed by atoms with E-state index in [0.29, 0.717) is 23.1 Å². The van der Waals surface area contributed by atoms with E-state index in [2.05, 4.69) is 10.3 Å². The number of carbonyl (C=O) groups excluding carboxylic acids is 1. The number of carbonyl (C=O) groups is 1. The van der Waals surface area contributed by atoms with Crippen LogP contribution < -0.4 is 5.32 Å². The smallest absolute Gasteiger partial charge is 0.267 e. The van der Waals surface area contributed by atoms with Crippen LogP contribution in [0.2, 0.25) is 0 Å². The summed E-state index contributed by atoms with van der Waals surface area (Å²) in [5, 5.41) is 3.26. The molecular formula is C17H18FN3O2. The van der Waals surface area contributed by atoms with Crippen molar-refractivity contribution in [2.45, 2.75) is 6.04 Å². The summed E-state index contributed by atoms with van der Waals surface area (Å²) in [6.45, 7) is 0.386. The van der Waals surface area contributed by atoms with Gasteiger partial charge in [0.2, 0.25) is 0 Å². The summed E-state index contributed by atoms with van der Waals surface area (Å²) in [5.41, 5.74) is 0.937. The number of nitrogens with zero attached hydrogens (tertiary/aromatic N) is 1. The van der Waals surface area contributed by atoms with Crippen LogP contribution >= 0.6 is 0 Å². The number of H-pyrrole nitrogens is 1. The lowest BCUT2D eigenvalue weighted by molar-refractivity contribution is 0.0935. The van der Waals surface area contributed by atoms with Gasteiger partial charge in [-0.25, -0.2) is 4.39 Å². The van der Waals surface area contributed by atoms with Crippen LogP contribution in [0.5, 0.6) is 0 Å². The molecule has 0 spiro atoms. The molecule has 0 saturated heterocycles. The number of hydrogen-bond donors (Lipinski definition) is 2. The van der Waals surface area contributed by atoms with Crippen molar-refractivity contribution < 1.29 is 13.6 Å². The maximum atomic E-state index is 13.7. The number of benzene rings is 1. The summed E-state index contributed by atoms with van der Waals surface area (Å²) in [6, 6.07) is 9.85. The number of rotatable bonds is 5. The molecular weight excluding hydrogens is 297 g/mol. The van der Waals surface area contributed by atoms with Crippen molar-refractivity contribution in [3.8, 4) is 0 Å². The lowest BCUT2D eigenvalue weighted by atomic mass is 10.2. The van der Waals surface area contributed by atoms with Gasteiger partial charge in [0.05, 0.1) is 12.3 Å². The first-order valence-electron chi connectivity index (χ1n) is 7.31. The lowest BCUT2D eigenvalue weighted by Gasteiger charge is -2.22. The number of hydrogen-bond acceptors (Lipinski definition) is 3. The Morgan fingerprint density at radius 3 is 2.83 bits per heavy atom. The zero-order valence-electron chi connectivity index (χ0n) is 13.0. The van der Waals surface area contributed by atoms with Crippen LogP contribution in [0.25, 0.3) is 10.9 Å². The van der Waals surface area contributed by atoms with E-state index >= 15 is 0 Å². The molecule has 3 rings (SSSR count). The second-order valence-corrected chi connectivity index (χ2v) is 5.59. The molecule has 0 bridgehead atoms. The Morgan fingerprint density at radius 1 is 1.35 bits per heavy atom. The SMILES string of the molecule is CN(C)C(CNC(=O)c1cc2c(F)cccc2[nH]1)c1ccco1. The zero-order chi connectivity index (χ0) is 16.4. The van der Waals surface area contributed by atoms with E-state index in [0.717, 1.165) is 5.76 Å². The van der Waals surface area contributed by atoms with Crippen molar-refractivity contribution in [2.75, 3.05) is 20.6 Å². The summed E-state index contributed by atoms with van der Waals surface area (Å²) in [6.07, 6.45) is 1.61. The molecule has 0 aliphatic heterocycles. The lowest BCUT2D eigenvalue weighted by Crippen LogP contribution is -2.34. The van der Waals surface area contributed by atoms with E-state index < -0.39 is 0 Å². The van der Waals surface area contributed by atoms with Gasteiger partial charge >= 0.3 is 0 Å². The number of aromatic nitrogens is 1. The van der Waals surface area contributed by atoms with Gasteiger partial charge in [0.25, 0.3) is 5.91 Å². The molecule has 2 heterocycles. The average molecular weight is 315 g/mol. The van der Waals surface area contributed by atoms with Crippen LogP contribution in [0.4, 0.5) is 4.39 Å². The van der Waals surface area contributed by atoms with Gasteiger partial charge in [-0.1, -0.05) is 6.07 Å². The topological polar surface area (TPSA) is 61.3 Å². The first-order valence-corrected chi connectivity index (χ1v) is 7.31. The van der Waals surface area contributed by atoms with Crippen LogP contribution in [-0.4, -0.2) is 36.4 Å². The van der Waals surface area contributed by atoms with Crippen LogP contribution in [-0.2, 0) is 0 Å². The number of nitrogens with one attached hydrogen (secondary N) is 2. The maximum Gasteiger partial charge on any atom is 0.267 e. The fraction of sp³-hybridized carbons (Fsp3) is 0.235. The molecule has 0 radical (unpaired) electrons. The third-order valence-corrected chi connectivity index (χ3v) is 3.81. The van der Waals surface area contributed by atoms with Gasteiger partial charge in [0.1, 0.15) is 17.3 Å². The molecule has 1 aromatic carbocycles. The van der Waals surface area contributed by atoms with Crippen LogP contribution in [0.3, 0.4) is 0 Å². The molecule has 0 saturated carbocycles. The monoisotopic (exact) mass is 315 g/mol. The summed E-state index contributed by atoms with van der Waals surface area (Å²) >= 11 is 0. The third kappa shape index (κ3) is 3.12. The van der Waals surface area contributed by atoms with Gasteiger partial charge in [-0.3, -0.25) is 9.69 Å². The van der Waals surface area contributed by atoms with Crippen molar-refractivity contribution in [1.29, 1.82) is 0 Å². The average Bonchev–Trinajstić information content (AvgIpc) is 3.16. The Balaban J connectivity index is 1.74. The minimum Gasteiger partial charge on any atom is -0.468 e. The van der Waals surface area contributed by atoms with Crippen molar-refractivity contribution in [1.82, 2.24) is 15.2 Å². The molecule has 1 atom stereocenters. The summed E-state index contributed by atoms with van der Waals surface area (Å²) in [7, 11) is 3.83. The minimum atomic E-state index is -0.348. The number of amides is 1. The molecule has 5 nitrogen and oxygen atoms in total. The first kappa shape index (κ1) is 15.3. The fourth-order valence-corrected chi connectivity index (χ4v) is 2.54. The second-order valence-electron chi connectivity index (χ2n) is 5.59. The third-order valence-electron chi connectivity index (χ3n) is 3.81. The highest BCUT2D eigenvalue weighted by atomic mass is 19.1. The van der Waals surface area contributed by atoms with Gasteiger partial charge in [-0.15, -0.1) is 0 Å². The van der Waals surface area contributed by atoms with Gasteiger partial charge in [-0.2, -0.15) is 0 Å². The number of fused-ring (bicyclic) bond motifs is 1. The van der Waals surface area contributed by atoms with Crippen molar-refractivity contribution in [3.63, 3.8) is 0 Å². The number of halogens is 1. The Kier molecular flexibility index (Phi) is 4.16. The van der Waals surface area contributed by atoms with Gasteiger partial charge in [-0.05, 0) is 44.4 Å². The normalized spacial score (nSPS) is 12.7. The Hall–Kier alpha value is -2.60. The largest absolute Gasteiger partial charge is 0.468 e. The van der Waals surface area contributed by atoms with E-state index in [9.17, 15) is 9.18 Å². The highest BCUT2D eigenvalue weighted by Gasteiger charge is 2.19. The van der Waals surface area contributed by atoms with Crippen LogP contribution in [0.1, 0.15) is 22.3 Å². The van der Waals surface area contributed by atoms with Crippen molar-refractivity contribution in [2.24, 2.45) is 0 Å². The maximum absolute atomic E-state index is 13.7. The Morgan fingerprint density at radius 2 is 2.17 bits per heavy atom. The van der Waals surface area contributed by atoms with Gasteiger partial charge < -0.3 is 14.7 Å². The van der Waals surface area contributed by atoms with Crippen molar-refractivity contribution in [3.05, 3.63) is 59.9 Å². The van der Waals surface area contributed by atoms with E-state index in [1.54, 1.807) is 18.4 Å². The van der Waals surface area contributed by atoms with E-state index in [1.165, 1.54) is 12.1 Å². The molecule has 23 heavy (non-hydrogen) atoms. The zero-order valence-corrected chi connectivity index (χ0v) is 13.0. The van der Waals surface area contributed by atoms with E-state index in [4.69, 9.17) is 4.42 Å². The highest BCUT2D eigenvalue weighted by Crippen LogP contribution is 2.20. The van der Waals surface area contributed by atoms with Crippen LogP contribution in [0.15, 0.2) is 47.1 Å². The number of aromatic amines is 1. The quantitative estimate of drug-likeness (QED) is 0.761. The van der Waals surface area contributed by atoms with Gasteiger partial charge in [0.15, 0.2) is 0 Å². The molecule has 1 unspecified atom stereocenters. The molecule has 120 valence electrons. The standard InChI is InChI=1S/C17H18FN3O2/c1-21(2)15(16-7-4-8-23-16)10-19-17(22)14-9-11-12(18)5-3-6-13(11)20-14/h3-9,15,20H,10H2,1-2H3,(H,19,22). The predicted octanol–water partition coefficient (Wildman–Crippen LogP) is 2.93.